The Hall–Kier alpha value is -2.30. The number of para-hydroxylation sites is 1. The summed E-state index contributed by atoms with van der Waals surface area (Å²) in [6.07, 6.45) is 1.80. The molecule has 2 heterocycles. The van der Waals surface area contributed by atoms with Gasteiger partial charge in [-0.25, -0.2) is 0 Å². The molecule has 1 aromatic heterocycles. The molecule has 0 N–H and O–H groups in total. The topological polar surface area (TPSA) is 32.6 Å². The molecule has 1 aliphatic heterocycles. The molecular weight excluding hydrogens is 290 g/mol. The Morgan fingerprint density at radius 3 is 2.70 bits per heavy atom. The summed E-state index contributed by atoms with van der Waals surface area (Å²) in [4.78, 5) is 0. The SMILES string of the molecule is COc1ccc2c(ccn2-c2c(C)cccc2C2OCCO2)c1. The van der Waals surface area contributed by atoms with Crippen LogP contribution in [0.4, 0.5) is 0 Å². The maximum absolute atomic E-state index is 5.73. The smallest absolute Gasteiger partial charge is 0.186 e. The fraction of sp³-hybridized carbons (Fsp3) is 0.263. The van der Waals surface area contributed by atoms with Gasteiger partial charge in [0, 0.05) is 17.1 Å². The van der Waals surface area contributed by atoms with Crippen LogP contribution >= 0.6 is 0 Å². The summed E-state index contributed by atoms with van der Waals surface area (Å²) in [5.74, 6) is 0.864. The van der Waals surface area contributed by atoms with E-state index in [1.165, 1.54) is 5.56 Å². The van der Waals surface area contributed by atoms with E-state index in [-0.39, 0.29) is 6.29 Å². The van der Waals surface area contributed by atoms with E-state index >= 15 is 0 Å². The summed E-state index contributed by atoms with van der Waals surface area (Å²) in [5.41, 5.74) is 4.52. The number of fused-ring (bicyclic) bond motifs is 1. The first-order chi connectivity index (χ1) is 11.3. The van der Waals surface area contributed by atoms with E-state index in [2.05, 4.69) is 42.0 Å². The predicted molar refractivity (Wildman–Crippen MR) is 89.2 cm³/mol. The van der Waals surface area contributed by atoms with Crippen LogP contribution in [0.5, 0.6) is 5.75 Å². The molecule has 1 aliphatic rings. The van der Waals surface area contributed by atoms with Gasteiger partial charge in [0.15, 0.2) is 6.29 Å². The van der Waals surface area contributed by atoms with Crippen LogP contribution in [-0.4, -0.2) is 24.9 Å². The third kappa shape index (κ3) is 2.40. The zero-order valence-corrected chi connectivity index (χ0v) is 13.3. The van der Waals surface area contributed by atoms with Crippen LogP contribution in [0.15, 0.2) is 48.7 Å². The fourth-order valence-corrected chi connectivity index (χ4v) is 3.18. The van der Waals surface area contributed by atoms with Gasteiger partial charge in [-0.1, -0.05) is 18.2 Å². The Morgan fingerprint density at radius 2 is 1.91 bits per heavy atom. The molecule has 0 saturated carbocycles. The average molecular weight is 309 g/mol. The first kappa shape index (κ1) is 14.3. The van der Waals surface area contributed by atoms with Gasteiger partial charge in [-0.3, -0.25) is 0 Å². The summed E-state index contributed by atoms with van der Waals surface area (Å²) in [5, 5.41) is 1.15. The number of methoxy groups -OCH3 is 1. The van der Waals surface area contributed by atoms with Gasteiger partial charge in [-0.15, -0.1) is 0 Å². The number of aryl methyl sites for hydroxylation is 1. The molecule has 118 valence electrons. The van der Waals surface area contributed by atoms with E-state index in [9.17, 15) is 0 Å². The molecule has 0 amide bonds. The molecule has 4 heteroatoms. The largest absolute Gasteiger partial charge is 0.497 e. The van der Waals surface area contributed by atoms with Gasteiger partial charge in [-0.2, -0.15) is 0 Å². The van der Waals surface area contributed by atoms with Gasteiger partial charge in [-0.05, 0) is 36.8 Å². The van der Waals surface area contributed by atoms with E-state index in [0.717, 1.165) is 27.9 Å². The third-order valence-electron chi connectivity index (χ3n) is 4.28. The summed E-state index contributed by atoms with van der Waals surface area (Å²) < 4.78 is 19.0. The molecule has 2 aromatic carbocycles. The minimum absolute atomic E-state index is 0.291. The molecule has 0 bridgehead atoms. The van der Waals surface area contributed by atoms with E-state index in [4.69, 9.17) is 14.2 Å². The highest BCUT2D eigenvalue weighted by Gasteiger charge is 2.23. The van der Waals surface area contributed by atoms with Crippen molar-refractivity contribution in [3.05, 3.63) is 59.8 Å². The lowest BCUT2D eigenvalue weighted by Gasteiger charge is -2.18. The second-order valence-electron chi connectivity index (χ2n) is 5.70. The van der Waals surface area contributed by atoms with Crippen molar-refractivity contribution in [2.45, 2.75) is 13.2 Å². The van der Waals surface area contributed by atoms with Crippen LogP contribution in [0.25, 0.3) is 16.6 Å². The number of nitrogens with zero attached hydrogens (tertiary/aromatic N) is 1. The van der Waals surface area contributed by atoms with E-state index in [1.54, 1.807) is 7.11 Å². The van der Waals surface area contributed by atoms with Crippen molar-refractivity contribution in [3.63, 3.8) is 0 Å². The first-order valence-electron chi connectivity index (χ1n) is 7.76. The van der Waals surface area contributed by atoms with Crippen molar-refractivity contribution in [2.24, 2.45) is 0 Å². The minimum Gasteiger partial charge on any atom is -0.497 e. The minimum atomic E-state index is -0.291. The molecule has 1 fully saturated rings. The van der Waals surface area contributed by atoms with Crippen molar-refractivity contribution in [1.82, 2.24) is 4.57 Å². The van der Waals surface area contributed by atoms with Crippen LogP contribution in [0, 0.1) is 6.92 Å². The molecule has 0 spiro atoms. The zero-order valence-electron chi connectivity index (χ0n) is 13.3. The van der Waals surface area contributed by atoms with Gasteiger partial charge in [0.1, 0.15) is 5.75 Å². The van der Waals surface area contributed by atoms with Crippen molar-refractivity contribution in [1.29, 1.82) is 0 Å². The molecule has 0 unspecified atom stereocenters. The highest BCUT2D eigenvalue weighted by molar-refractivity contribution is 5.84. The number of hydrogen-bond donors (Lipinski definition) is 0. The number of ether oxygens (including phenoxy) is 3. The Labute approximate surface area is 135 Å². The highest BCUT2D eigenvalue weighted by atomic mass is 16.7. The Bertz CT molecular complexity index is 847. The van der Waals surface area contributed by atoms with Crippen LogP contribution in [0.2, 0.25) is 0 Å². The summed E-state index contributed by atoms with van der Waals surface area (Å²) in [7, 11) is 1.69. The van der Waals surface area contributed by atoms with Gasteiger partial charge in [0.2, 0.25) is 0 Å². The normalized spacial score (nSPS) is 15.4. The molecular formula is C19H19NO3. The monoisotopic (exact) mass is 309 g/mol. The van der Waals surface area contributed by atoms with Crippen LogP contribution in [-0.2, 0) is 9.47 Å². The molecule has 1 saturated heterocycles. The Morgan fingerprint density at radius 1 is 1.09 bits per heavy atom. The molecule has 0 aliphatic carbocycles. The number of aromatic nitrogens is 1. The van der Waals surface area contributed by atoms with Gasteiger partial charge in [0.25, 0.3) is 0 Å². The standard InChI is InChI=1S/C19H19NO3/c1-13-4-3-5-16(19-22-10-11-23-19)18(13)20-9-8-14-12-15(21-2)6-7-17(14)20/h3-9,12,19H,10-11H2,1-2H3. The lowest BCUT2D eigenvalue weighted by atomic mass is 10.1. The number of rotatable bonds is 3. The summed E-state index contributed by atoms with van der Waals surface area (Å²) in [6, 6.07) is 14.5. The van der Waals surface area contributed by atoms with Crippen molar-refractivity contribution in [2.75, 3.05) is 20.3 Å². The second kappa shape index (κ2) is 5.72. The maximum atomic E-state index is 5.73. The highest BCUT2D eigenvalue weighted by Crippen LogP contribution is 2.33. The molecule has 3 aromatic rings. The van der Waals surface area contributed by atoms with Crippen molar-refractivity contribution < 1.29 is 14.2 Å². The van der Waals surface area contributed by atoms with Crippen LogP contribution in [0.1, 0.15) is 17.4 Å². The van der Waals surface area contributed by atoms with Crippen molar-refractivity contribution in [3.8, 4) is 11.4 Å². The molecule has 0 atom stereocenters. The molecule has 0 radical (unpaired) electrons. The predicted octanol–water partition coefficient (Wildman–Crippen LogP) is 3.99. The van der Waals surface area contributed by atoms with Gasteiger partial charge in [0.05, 0.1) is 31.5 Å². The third-order valence-corrected chi connectivity index (χ3v) is 4.28. The molecule has 23 heavy (non-hydrogen) atoms. The number of hydrogen-bond acceptors (Lipinski definition) is 3. The lowest BCUT2D eigenvalue weighted by molar-refractivity contribution is -0.0441. The van der Waals surface area contributed by atoms with Gasteiger partial charge < -0.3 is 18.8 Å². The van der Waals surface area contributed by atoms with Crippen LogP contribution in [0.3, 0.4) is 0 Å². The maximum Gasteiger partial charge on any atom is 0.186 e. The quantitative estimate of drug-likeness (QED) is 0.733. The second-order valence-corrected chi connectivity index (χ2v) is 5.70. The van der Waals surface area contributed by atoms with Gasteiger partial charge >= 0.3 is 0 Å². The fourth-order valence-electron chi connectivity index (χ4n) is 3.18. The van der Waals surface area contributed by atoms with E-state index in [1.807, 2.05) is 18.2 Å². The van der Waals surface area contributed by atoms with E-state index in [0.29, 0.717) is 13.2 Å². The summed E-state index contributed by atoms with van der Waals surface area (Å²) >= 11 is 0. The molecule has 4 rings (SSSR count). The average Bonchev–Trinajstić information content (AvgIpc) is 3.23. The summed E-state index contributed by atoms with van der Waals surface area (Å²) in [6.45, 7) is 3.40. The van der Waals surface area contributed by atoms with Crippen LogP contribution < -0.4 is 4.74 Å². The van der Waals surface area contributed by atoms with Crippen molar-refractivity contribution >= 4 is 10.9 Å². The molecule has 4 nitrogen and oxygen atoms in total. The number of benzene rings is 2. The van der Waals surface area contributed by atoms with E-state index < -0.39 is 0 Å². The zero-order chi connectivity index (χ0) is 15.8. The Kier molecular flexibility index (Phi) is 3.56. The Balaban J connectivity index is 1.90. The lowest BCUT2D eigenvalue weighted by Crippen LogP contribution is -2.07. The first-order valence-corrected chi connectivity index (χ1v) is 7.76.